The molecule has 0 spiro atoms. The molecule has 0 aliphatic carbocycles. The van der Waals surface area contributed by atoms with Crippen molar-refractivity contribution in [2.24, 2.45) is 5.92 Å². The lowest BCUT2D eigenvalue weighted by atomic mass is 10.2. The first-order valence-electron chi connectivity index (χ1n) is 4.98. The van der Waals surface area contributed by atoms with Crippen molar-refractivity contribution in [2.75, 3.05) is 25.1 Å². The highest BCUT2D eigenvalue weighted by Crippen LogP contribution is 2.00. The Bertz CT molecular complexity index is 286. The minimum absolute atomic E-state index is 0.211. The number of carbonyl (C=O) groups is 1. The van der Waals surface area contributed by atoms with Gasteiger partial charge in [-0.05, 0) is 13.0 Å². The lowest BCUT2D eigenvalue weighted by Gasteiger charge is -2.11. The molecule has 90 valence electrons. The SMILES string of the molecule is CCCCNCC(CS(C)(=O)=O)C(=O)O. The number of nitrogens with one attached hydrogen (secondary N) is 1. The largest absolute Gasteiger partial charge is 0.481 e. The zero-order chi connectivity index (χ0) is 11.9. The molecule has 0 saturated heterocycles. The van der Waals surface area contributed by atoms with Gasteiger partial charge >= 0.3 is 5.97 Å². The molecule has 2 N–H and O–H groups in total. The Morgan fingerprint density at radius 2 is 2.07 bits per heavy atom. The van der Waals surface area contributed by atoms with Gasteiger partial charge < -0.3 is 10.4 Å². The average Bonchev–Trinajstić information content (AvgIpc) is 2.08. The highest BCUT2D eigenvalue weighted by atomic mass is 32.2. The van der Waals surface area contributed by atoms with E-state index in [1.54, 1.807) is 0 Å². The second kappa shape index (κ2) is 6.79. The van der Waals surface area contributed by atoms with Crippen molar-refractivity contribution in [3.63, 3.8) is 0 Å². The first-order valence-corrected chi connectivity index (χ1v) is 7.04. The second-order valence-electron chi connectivity index (χ2n) is 3.69. The fraction of sp³-hybridized carbons (Fsp3) is 0.889. The van der Waals surface area contributed by atoms with E-state index in [0.717, 1.165) is 25.6 Å². The van der Waals surface area contributed by atoms with Gasteiger partial charge in [0.05, 0.1) is 11.7 Å². The third-order valence-electron chi connectivity index (χ3n) is 1.95. The smallest absolute Gasteiger partial charge is 0.308 e. The first kappa shape index (κ1) is 14.4. The molecule has 0 rings (SSSR count). The van der Waals surface area contributed by atoms with Crippen LogP contribution in [-0.4, -0.2) is 44.6 Å². The van der Waals surface area contributed by atoms with Crippen LogP contribution in [0.5, 0.6) is 0 Å². The highest BCUT2D eigenvalue weighted by molar-refractivity contribution is 7.90. The summed E-state index contributed by atoms with van der Waals surface area (Å²) in [6, 6.07) is 0. The van der Waals surface area contributed by atoms with E-state index < -0.39 is 21.7 Å². The molecular weight excluding hydrogens is 218 g/mol. The molecule has 15 heavy (non-hydrogen) atoms. The van der Waals surface area contributed by atoms with Crippen LogP contribution in [0.3, 0.4) is 0 Å². The van der Waals surface area contributed by atoms with Gasteiger partial charge in [0.15, 0.2) is 0 Å². The van der Waals surface area contributed by atoms with E-state index in [0.29, 0.717) is 0 Å². The quantitative estimate of drug-likeness (QED) is 0.586. The van der Waals surface area contributed by atoms with Crippen LogP contribution < -0.4 is 5.32 Å². The predicted molar refractivity (Wildman–Crippen MR) is 58.6 cm³/mol. The van der Waals surface area contributed by atoms with Gasteiger partial charge in [-0.25, -0.2) is 8.42 Å². The molecule has 1 atom stereocenters. The average molecular weight is 237 g/mol. The van der Waals surface area contributed by atoms with Gasteiger partial charge in [-0.1, -0.05) is 13.3 Å². The van der Waals surface area contributed by atoms with Crippen molar-refractivity contribution in [3.05, 3.63) is 0 Å². The zero-order valence-electron chi connectivity index (χ0n) is 9.19. The number of rotatable bonds is 8. The van der Waals surface area contributed by atoms with Crippen molar-refractivity contribution in [1.82, 2.24) is 5.32 Å². The summed E-state index contributed by atoms with van der Waals surface area (Å²) in [5.74, 6) is -2.22. The van der Waals surface area contributed by atoms with Crippen LogP contribution in [0, 0.1) is 5.92 Å². The molecule has 0 aliphatic rings. The van der Waals surface area contributed by atoms with E-state index >= 15 is 0 Å². The van der Waals surface area contributed by atoms with Gasteiger partial charge in [0.25, 0.3) is 0 Å². The van der Waals surface area contributed by atoms with Gasteiger partial charge in [0.1, 0.15) is 9.84 Å². The minimum Gasteiger partial charge on any atom is -0.481 e. The fourth-order valence-electron chi connectivity index (χ4n) is 1.16. The van der Waals surface area contributed by atoms with Crippen LogP contribution in [0.1, 0.15) is 19.8 Å². The van der Waals surface area contributed by atoms with Gasteiger partial charge in [-0.2, -0.15) is 0 Å². The third-order valence-corrected chi connectivity index (χ3v) is 2.96. The lowest BCUT2D eigenvalue weighted by Crippen LogP contribution is -2.33. The molecule has 0 aromatic heterocycles. The van der Waals surface area contributed by atoms with E-state index in [1.165, 1.54) is 0 Å². The molecule has 0 fully saturated rings. The van der Waals surface area contributed by atoms with E-state index in [2.05, 4.69) is 5.32 Å². The van der Waals surface area contributed by atoms with Crippen LogP contribution >= 0.6 is 0 Å². The second-order valence-corrected chi connectivity index (χ2v) is 5.87. The van der Waals surface area contributed by atoms with Crippen molar-refractivity contribution in [3.8, 4) is 0 Å². The lowest BCUT2D eigenvalue weighted by molar-refractivity contribution is -0.140. The number of carboxylic acids is 1. The van der Waals surface area contributed by atoms with Crippen LogP contribution in [0.25, 0.3) is 0 Å². The third kappa shape index (κ3) is 8.38. The summed E-state index contributed by atoms with van der Waals surface area (Å²) in [6.07, 6.45) is 3.04. The summed E-state index contributed by atoms with van der Waals surface area (Å²) >= 11 is 0. The maximum Gasteiger partial charge on any atom is 0.308 e. The van der Waals surface area contributed by atoms with Gasteiger partial charge in [-0.3, -0.25) is 4.79 Å². The maximum atomic E-state index is 10.9. The first-order chi connectivity index (χ1) is 6.87. The van der Waals surface area contributed by atoms with Crippen molar-refractivity contribution >= 4 is 15.8 Å². The molecule has 1 unspecified atom stereocenters. The Balaban J connectivity index is 4.01. The van der Waals surface area contributed by atoms with Gasteiger partial charge in [-0.15, -0.1) is 0 Å². The molecule has 5 nitrogen and oxygen atoms in total. The number of carboxylic acid groups (broad SMARTS) is 1. The van der Waals surface area contributed by atoms with Gasteiger partial charge in [0.2, 0.25) is 0 Å². The van der Waals surface area contributed by atoms with Crippen molar-refractivity contribution in [2.45, 2.75) is 19.8 Å². The van der Waals surface area contributed by atoms with Crippen LogP contribution in [0.4, 0.5) is 0 Å². The molecule has 6 heteroatoms. The molecular formula is C9H19NO4S. The van der Waals surface area contributed by atoms with E-state index in [1.807, 2.05) is 6.92 Å². The Morgan fingerprint density at radius 1 is 1.47 bits per heavy atom. The standard InChI is InChI=1S/C9H19NO4S/c1-3-4-5-10-6-8(9(11)12)7-15(2,13)14/h8,10H,3-7H2,1-2H3,(H,11,12). The molecule has 0 amide bonds. The number of aliphatic carboxylic acids is 1. The maximum absolute atomic E-state index is 10.9. The molecule has 0 radical (unpaired) electrons. The van der Waals surface area contributed by atoms with E-state index in [-0.39, 0.29) is 12.3 Å². The Hall–Kier alpha value is -0.620. The van der Waals surface area contributed by atoms with Crippen LogP contribution in [0.2, 0.25) is 0 Å². The number of hydrogen-bond acceptors (Lipinski definition) is 4. The molecule has 0 heterocycles. The summed E-state index contributed by atoms with van der Waals surface area (Å²) in [5, 5.41) is 11.7. The molecule has 0 aromatic rings. The zero-order valence-corrected chi connectivity index (χ0v) is 10.0. The summed E-state index contributed by atoms with van der Waals surface area (Å²) in [5.41, 5.74) is 0. The Labute approximate surface area is 90.8 Å². The van der Waals surface area contributed by atoms with E-state index in [9.17, 15) is 13.2 Å². The summed E-state index contributed by atoms with van der Waals surface area (Å²) < 4.78 is 21.9. The Morgan fingerprint density at radius 3 is 2.47 bits per heavy atom. The monoisotopic (exact) mass is 237 g/mol. The minimum atomic E-state index is -3.23. The van der Waals surface area contributed by atoms with Crippen molar-refractivity contribution in [1.29, 1.82) is 0 Å². The normalized spacial score (nSPS) is 13.7. The van der Waals surface area contributed by atoms with Crippen molar-refractivity contribution < 1.29 is 18.3 Å². The van der Waals surface area contributed by atoms with Crippen LogP contribution in [0.15, 0.2) is 0 Å². The molecule has 0 bridgehead atoms. The predicted octanol–water partition coefficient (Wildman–Crippen LogP) is 0.122. The Kier molecular flexibility index (Phi) is 6.51. The van der Waals surface area contributed by atoms with Gasteiger partial charge in [0, 0.05) is 12.8 Å². The van der Waals surface area contributed by atoms with E-state index in [4.69, 9.17) is 5.11 Å². The number of unbranched alkanes of at least 4 members (excludes halogenated alkanes) is 1. The molecule has 0 saturated carbocycles. The fourth-order valence-corrected chi connectivity index (χ4v) is 2.15. The number of sulfone groups is 1. The summed E-state index contributed by atoms with van der Waals surface area (Å²) in [7, 11) is -3.23. The highest BCUT2D eigenvalue weighted by Gasteiger charge is 2.21. The van der Waals surface area contributed by atoms with Crippen LogP contribution in [-0.2, 0) is 14.6 Å². The molecule has 0 aromatic carbocycles. The summed E-state index contributed by atoms with van der Waals surface area (Å²) in [4.78, 5) is 10.7. The summed E-state index contributed by atoms with van der Waals surface area (Å²) in [6.45, 7) is 2.97. The molecule has 0 aliphatic heterocycles. The topological polar surface area (TPSA) is 83.5 Å². The number of hydrogen-bond donors (Lipinski definition) is 2.